The van der Waals surface area contributed by atoms with Crippen molar-refractivity contribution in [1.82, 2.24) is 0 Å². The summed E-state index contributed by atoms with van der Waals surface area (Å²) in [6, 6.07) is 19.2. The zero-order valence-corrected chi connectivity index (χ0v) is 9.85. The number of para-hydroxylation sites is 1. The normalized spacial score (nSPS) is 10.1. The fourth-order valence-corrected chi connectivity index (χ4v) is 1.74. The molecule has 0 atom stereocenters. The van der Waals surface area contributed by atoms with Crippen molar-refractivity contribution in [1.29, 1.82) is 0 Å². The average molecular weight is 211 g/mol. The molecule has 16 heavy (non-hydrogen) atoms. The summed E-state index contributed by atoms with van der Waals surface area (Å²) in [7, 11) is 2.12. The minimum absolute atomic E-state index is 0.949. The minimum atomic E-state index is 0.949. The van der Waals surface area contributed by atoms with Gasteiger partial charge in [-0.15, -0.1) is 0 Å². The maximum atomic E-state index is 2.25. The molecule has 2 aromatic rings. The van der Waals surface area contributed by atoms with Gasteiger partial charge in [-0.25, -0.2) is 0 Å². The first-order chi connectivity index (χ1) is 7.75. The molecule has 0 spiro atoms. The first-order valence-electron chi connectivity index (χ1n) is 5.57. The number of benzene rings is 2. The third-order valence-corrected chi connectivity index (χ3v) is 2.74. The Labute approximate surface area is 97.3 Å². The van der Waals surface area contributed by atoms with E-state index in [-0.39, 0.29) is 0 Å². The van der Waals surface area contributed by atoms with Crippen molar-refractivity contribution in [3.8, 4) is 0 Å². The highest BCUT2D eigenvalue weighted by Gasteiger charge is 2.00. The molecule has 0 heterocycles. The SMILES string of the molecule is Cc1ccc(CN(C)c2ccccc2)cc1. The van der Waals surface area contributed by atoms with Gasteiger partial charge in [0.25, 0.3) is 0 Å². The molecule has 0 amide bonds. The van der Waals surface area contributed by atoms with Crippen molar-refractivity contribution in [3.63, 3.8) is 0 Å². The topological polar surface area (TPSA) is 3.24 Å². The molecular weight excluding hydrogens is 194 g/mol. The van der Waals surface area contributed by atoms with Crippen molar-refractivity contribution < 1.29 is 0 Å². The van der Waals surface area contributed by atoms with E-state index in [0.29, 0.717) is 0 Å². The summed E-state index contributed by atoms with van der Waals surface area (Å²) in [5, 5.41) is 0. The fourth-order valence-electron chi connectivity index (χ4n) is 1.74. The molecule has 0 aromatic heterocycles. The third kappa shape index (κ3) is 2.63. The summed E-state index contributed by atoms with van der Waals surface area (Å²) in [5.74, 6) is 0. The molecule has 82 valence electrons. The van der Waals surface area contributed by atoms with Crippen LogP contribution in [-0.4, -0.2) is 7.05 Å². The summed E-state index contributed by atoms with van der Waals surface area (Å²) in [5.41, 5.74) is 3.91. The van der Waals surface area contributed by atoms with E-state index >= 15 is 0 Å². The lowest BCUT2D eigenvalue weighted by atomic mass is 10.1. The van der Waals surface area contributed by atoms with Crippen molar-refractivity contribution in [2.75, 3.05) is 11.9 Å². The summed E-state index contributed by atoms with van der Waals surface area (Å²) in [4.78, 5) is 2.25. The highest BCUT2D eigenvalue weighted by atomic mass is 15.1. The second kappa shape index (κ2) is 4.84. The molecule has 0 saturated carbocycles. The maximum Gasteiger partial charge on any atom is 0.0426 e. The summed E-state index contributed by atoms with van der Waals surface area (Å²) >= 11 is 0. The predicted octanol–water partition coefficient (Wildman–Crippen LogP) is 3.63. The van der Waals surface area contributed by atoms with Crippen LogP contribution < -0.4 is 4.90 Å². The number of nitrogens with zero attached hydrogens (tertiary/aromatic N) is 1. The van der Waals surface area contributed by atoms with Gasteiger partial charge in [-0.3, -0.25) is 0 Å². The highest BCUT2D eigenvalue weighted by Crippen LogP contribution is 2.14. The zero-order valence-electron chi connectivity index (χ0n) is 9.85. The number of rotatable bonds is 3. The number of aryl methyl sites for hydroxylation is 1. The molecule has 2 rings (SSSR count). The van der Waals surface area contributed by atoms with E-state index in [0.717, 1.165) is 6.54 Å². The van der Waals surface area contributed by atoms with Crippen molar-refractivity contribution in [2.45, 2.75) is 13.5 Å². The van der Waals surface area contributed by atoms with Crippen LogP contribution in [0.4, 0.5) is 5.69 Å². The predicted molar refractivity (Wildman–Crippen MR) is 69.7 cm³/mol. The highest BCUT2D eigenvalue weighted by molar-refractivity contribution is 5.45. The van der Waals surface area contributed by atoms with Gasteiger partial charge in [0.2, 0.25) is 0 Å². The van der Waals surface area contributed by atoms with Gasteiger partial charge < -0.3 is 4.90 Å². The third-order valence-electron chi connectivity index (χ3n) is 2.74. The quantitative estimate of drug-likeness (QED) is 0.749. The van der Waals surface area contributed by atoms with Crippen molar-refractivity contribution >= 4 is 5.69 Å². The van der Waals surface area contributed by atoms with Crippen LogP contribution in [0.2, 0.25) is 0 Å². The molecule has 0 aliphatic carbocycles. The molecule has 0 aliphatic heterocycles. The first-order valence-corrected chi connectivity index (χ1v) is 5.57. The van der Waals surface area contributed by atoms with Gasteiger partial charge in [0.1, 0.15) is 0 Å². The van der Waals surface area contributed by atoms with Gasteiger partial charge in [-0.1, -0.05) is 48.0 Å². The van der Waals surface area contributed by atoms with Crippen LogP contribution in [0.3, 0.4) is 0 Å². The van der Waals surface area contributed by atoms with Crippen LogP contribution in [0.1, 0.15) is 11.1 Å². The van der Waals surface area contributed by atoms with Gasteiger partial charge in [0.15, 0.2) is 0 Å². The number of anilines is 1. The van der Waals surface area contributed by atoms with Gasteiger partial charge in [0.05, 0.1) is 0 Å². The van der Waals surface area contributed by atoms with Crippen LogP contribution in [0.15, 0.2) is 54.6 Å². The summed E-state index contributed by atoms with van der Waals surface area (Å²) < 4.78 is 0. The van der Waals surface area contributed by atoms with Gasteiger partial charge >= 0.3 is 0 Å². The lowest BCUT2D eigenvalue weighted by Crippen LogP contribution is -2.15. The number of hydrogen-bond donors (Lipinski definition) is 0. The largest absolute Gasteiger partial charge is 0.370 e. The molecular formula is C15H17N. The van der Waals surface area contributed by atoms with Crippen LogP contribution in [0.5, 0.6) is 0 Å². The molecule has 0 unspecified atom stereocenters. The second-order valence-corrected chi connectivity index (χ2v) is 4.18. The zero-order chi connectivity index (χ0) is 11.4. The smallest absolute Gasteiger partial charge is 0.0426 e. The lowest BCUT2D eigenvalue weighted by Gasteiger charge is -2.19. The van der Waals surface area contributed by atoms with E-state index in [1.165, 1.54) is 16.8 Å². The molecule has 1 nitrogen and oxygen atoms in total. The van der Waals surface area contributed by atoms with E-state index in [9.17, 15) is 0 Å². The Morgan fingerprint density at radius 1 is 0.875 bits per heavy atom. The molecule has 0 radical (unpaired) electrons. The molecule has 0 N–H and O–H groups in total. The second-order valence-electron chi connectivity index (χ2n) is 4.18. The average Bonchev–Trinajstić information content (AvgIpc) is 2.33. The molecule has 0 saturated heterocycles. The standard InChI is InChI=1S/C15H17N/c1-13-8-10-14(11-9-13)12-16(2)15-6-4-3-5-7-15/h3-11H,12H2,1-2H3. The Hall–Kier alpha value is -1.76. The molecule has 1 heteroatoms. The van der Waals surface area contributed by atoms with Crippen molar-refractivity contribution in [3.05, 3.63) is 65.7 Å². The van der Waals surface area contributed by atoms with Crippen LogP contribution in [0.25, 0.3) is 0 Å². The monoisotopic (exact) mass is 211 g/mol. The summed E-state index contributed by atoms with van der Waals surface area (Å²) in [6.07, 6.45) is 0. The molecule has 0 aliphatic rings. The lowest BCUT2D eigenvalue weighted by molar-refractivity contribution is 0.922. The summed E-state index contributed by atoms with van der Waals surface area (Å²) in [6.45, 7) is 3.06. The molecule has 0 fully saturated rings. The van der Waals surface area contributed by atoms with E-state index in [1.54, 1.807) is 0 Å². The van der Waals surface area contributed by atoms with Crippen LogP contribution >= 0.6 is 0 Å². The Morgan fingerprint density at radius 3 is 2.12 bits per heavy atom. The first kappa shape index (κ1) is 10.7. The van der Waals surface area contributed by atoms with E-state index in [4.69, 9.17) is 0 Å². The maximum absolute atomic E-state index is 2.25. The fraction of sp³-hybridized carbons (Fsp3) is 0.200. The van der Waals surface area contributed by atoms with E-state index < -0.39 is 0 Å². The van der Waals surface area contributed by atoms with Crippen LogP contribution in [-0.2, 0) is 6.54 Å². The Kier molecular flexibility index (Phi) is 3.25. The Morgan fingerprint density at radius 2 is 1.50 bits per heavy atom. The van der Waals surface area contributed by atoms with Gasteiger partial charge in [-0.05, 0) is 24.6 Å². The van der Waals surface area contributed by atoms with Crippen molar-refractivity contribution in [2.24, 2.45) is 0 Å². The number of hydrogen-bond acceptors (Lipinski definition) is 1. The van der Waals surface area contributed by atoms with Crippen LogP contribution in [0, 0.1) is 6.92 Å². The van der Waals surface area contributed by atoms with Gasteiger partial charge in [-0.2, -0.15) is 0 Å². The molecule has 2 aromatic carbocycles. The minimum Gasteiger partial charge on any atom is -0.370 e. The van der Waals surface area contributed by atoms with E-state index in [1.807, 2.05) is 6.07 Å². The van der Waals surface area contributed by atoms with E-state index in [2.05, 4.69) is 67.4 Å². The van der Waals surface area contributed by atoms with Gasteiger partial charge in [0, 0.05) is 19.3 Å². The Balaban J connectivity index is 2.08. The Bertz CT molecular complexity index is 431. The molecule has 0 bridgehead atoms.